The van der Waals surface area contributed by atoms with Crippen LogP contribution in [0.2, 0.25) is 0 Å². The normalized spacial score (nSPS) is 10.1. The van der Waals surface area contributed by atoms with E-state index in [-0.39, 0.29) is 22.9 Å². The number of rotatable bonds is 3. The molecule has 6 heteroatoms. The Morgan fingerprint density at radius 3 is 2.41 bits per heavy atom. The largest absolute Gasteiger partial charge is 0.445 e. The summed E-state index contributed by atoms with van der Waals surface area (Å²) in [6.07, 6.45) is 0. The van der Waals surface area contributed by atoms with Gasteiger partial charge < -0.3 is 20.4 Å². The van der Waals surface area contributed by atoms with E-state index in [4.69, 9.17) is 10.2 Å². The van der Waals surface area contributed by atoms with Gasteiger partial charge in [-0.15, -0.1) is 0 Å². The van der Waals surface area contributed by atoms with Crippen molar-refractivity contribution in [1.29, 1.82) is 0 Å². The molecule has 94 valence electrons. The summed E-state index contributed by atoms with van der Waals surface area (Å²) in [5.74, 6) is -0.377. The van der Waals surface area contributed by atoms with E-state index in [0.29, 0.717) is 12.3 Å². The third kappa shape index (κ3) is 2.41. The average molecular weight is 239 g/mol. The molecule has 1 aromatic heterocycles. The highest BCUT2D eigenvalue weighted by atomic mass is 16.4. The number of aryl methyl sites for hydroxylation is 1. The van der Waals surface area contributed by atoms with E-state index >= 15 is 0 Å². The molecule has 17 heavy (non-hydrogen) atoms. The lowest BCUT2D eigenvalue weighted by Crippen LogP contribution is -2.28. The van der Waals surface area contributed by atoms with Gasteiger partial charge in [0.05, 0.1) is 5.56 Å². The number of amides is 2. The van der Waals surface area contributed by atoms with Crippen molar-refractivity contribution in [3.05, 3.63) is 16.9 Å². The number of carbonyl (C=O) groups excluding carboxylic acids is 2. The molecule has 0 saturated carbocycles. The van der Waals surface area contributed by atoms with E-state index in [2.05, 4.69) is 5.32 Å². The maximum Gasteiger partial charge on any atom is 0.257 e. The number of nitrogen functional groups attached to an aromatic ring is 1. The van der Waals surface area contributed by atoms with Crippen molar-refractivity contribution in [2.24, 2.45) is 0 Å². The molecule has 1 heterocycles. The van der Waals surface area contributed by atoms with Crippen molar-refractivity contribution in [2.45, 2.75) is 13.8 Å². The minimum atomic E-state index is -0.396. The molecule has 1 aromatic rings. The first-order valence-electron chi connectivity index (χ1n) is 5.28. The zero-order chi connectivity index (χ0) is 13.2. The summed E-state index contributed by atoms with van der Waals surface area (Å²) in [5, 5.41) is 2.60. The fourth-order valence-corrected chi connectivity index (χ4v) is 1.52. The molecule has 0 radical (unpaired) electrons. The van der Waals surface area contributed by atoms with Crippen LogP contribution in [0.15, 0.2) is 4.42 Å². The van der Waals surface area contributed by atoms with Crippen LogP contribution in [0.4, 0.5) is 5.88 Å². The zero-order valence-corrected chi connectivity index (χ0v) is 10.5. The highest BCUT2D eigenvalue weighted by Gasteiger charge is 2.27. The van der Waals surface area contributed by atoms with Gasteiger partial charge in [-0.05, 0) is 13.8 Å². The number of carbonyl (C=O) groups is 2. The summed E-state index contributed by atoms with van der Waals surface area (Å²) in [4.78, 5) is 25.1. The fourth-order valence-electron chi connectivity index (χ4n) is 1.52. The Bertz CT molecular complexity index is 449. The maximum absolute atomic E-state index is 11.9. The van der Waals surface area contributed by atoms with Gasteiger partial charge in [0.1, 0.15) is 11.3 Å². The van der Waals surface area contributed by atoms with Crippen LogP contribution in [0.3, 0.4) is 0 Å². The van der Waals surface area contributed by atoms with Gasteiger partial charge in [0, 0.05) is 20.6 Å². The van der Waals surface area contributed by atoms with Gasteiger partial charge in [0.2, 0.25) is 5.88 Å². The van der Waals surface area contributed by atoms with Crippen molar-refractivity contribution in [3.63, 3.8) is 0 Å². The summed E-state index contributed by atoms with van der Waals surface area (Å²) in [6, 6.07) is 0. The van der Waals surface area contributed by atoms with Gasteiger partial charge in [-0.3, -0.25) is 9.59 Å². The molecule has 0 spiro atoms. The summed E-state index contributed by atoms with van der Waals surface area (Å²) < 4.78 is 5.15. The number of nitrogens with zero attached hydrogens (tertiary/aromatic N) is 1. The summed E-state index contributed by atoms with van der Waals surface area (Å²) in [7, 11) is 3.21. The first-order valence-corrected chi connectivity index (χ1v) is 5.28. The number of nitrogens with two attached hydrogens (primary N) is 1. The number of furan rings is 1. The molecular weight excluding hydrogens is 222 g/mol. The van der Waals surface area contributed by atoms with Crippen molar-refractivity contribution in [2.75, 3.05) is 26.4 Å². The second kappa shape index (κ2) is 4.90. The molecule has 0 atom stereocenters. The Morgan fingerprint density at radius 2 is 1.94 bits per heavy atom. The molecule has 0 saturated heterocycles. The molecule has 0 aliphatic heterocycles. The highest BCUT2D eigenvalue weighted by Crippen LogP contribution is 2.25. The van der Waals surface area contributed by atoms with Gasteiger partial charge in [-0.1, -0.05) is 0 Å². The van der Waals surface area contributed by atoms with Gasteiger partial charge in [-0.2, -0.15) is 0 Å². The van der Waals surface area contributed by atoms with Gasteiger partial charge in [0.15, 0.2) is 0 Å². The summed E-state index contributed by atoms with van der Waals surface area (Å²) >= 11 is 0. The third-order valence-electron chi connectivity index (χ3n) is 2.30. The lowest BCUT2D eigenvalue weighted by atomic mass is 10.1. The van der Waals surface area contributed by atoms with Gasteiger partial charge >= 0.3 is 0 Å². The van der Waals surface area contributed by atoms with Crippen molar-refractivity contribution >= 4 is 17.7 Å². The van der Waals surface area contributed by atoms with Gasteiger partial charge in [0.25, 0.3) is 11.8 Å². The van der Waals surface area contributed by atoms with Crippen molar-refractivity contribution in [1.82, 2.24) is 10.2 Å². The number of hydrogen-bond acceptors (Lipinski definition) is 4. The van der Waals surface area contributed by atoms with Crippen molar-refractivity contribution in [3.8, 4) is 0 Å². The Labute approximate surface area is 99.8 Å². The van der Waals surface area contributed by atoms with E-state index in [0.717, 1.165) is 0 Å². The van der Waals surface area contributed by atoms with E-state index in [1.54, 1.807) is 27.9 Å². The van der Waals surface area contributed by atoms with Crippen LogP contribution < -0.4 is 11.1 Å². The lowest BCUT2D eigenvalue weighted by molar-refractivity contribution is 0.0817. The second-order valence-corrected chi connectivity index (χ2v) is 3.83. The first-order chi connectivity index (χ1) is 7.90. The quantitative estimate of drug-likeness (QED) is 0.809. The van der Waals surface area contributed by atoms with Crippen LogP contribution in [0, 0.1) is 6.92 Å². The standard InChI is InChI=1S/C11H17N3O3/c1-5-13-10(15)8-7(11(16)14(3)4)6(2)17-9(8)12/h5,12H2,1-4H3,(H,13,15). The Morgan fingerprint density at radius 1 is 1.35 bits per heavy atom. The summed E-state index contributed by atoms with van der Waals surface area (Å²) in [6.45, 7) is 3.85. The van der Waals surface area contributed by atoms with E-state index in [1.165, 1.54) is 4.90 Å². The van der Waals surface area contributed by atoms with Crippen LogP contribution in [0.1, 0.15) is 33.4 Å². The van der Waals surface area contributed by atoms with Crippen molar-refractivity contribution < 1.29 is 14.0 Å². The summed E-state index contributed by atoms with van der Waals surface area (Å²) in [5.41, 5.74) is 5.95. The predicted octanol–water partition coefficient (Wildman–Crippen LogP) is 0.622. The van der Waals surface area contributed by atoms with E-state index in [9.17, 15) is 9.59 Å². The minimum Gasteiger partial charge on any atom is -0.445 e. The Hall–Kier alpha value is -1.98. The van der Waals surface area contributed by atoms with Crippen LogP contribution in [-0.2, 0) is 0 Å². The molecular formula is C11H17N3O3. The molecule has 0 fully saturated rings. The monoisotopic (exact) mass is 239 g/mol. The SMILES string of the molecule is CCNC(=O)c1c(N)oc(C)c1C(=O)N(C)C. The Kier molecular flexibility index (Phi) is 3.77. The molecule has 0 aliphatic rings. The molecule has 6 nitrogen and oxygen atoms in total. The predicted molar refractivity (Wildman–Crippen MR) is 63.9 cm³/mol. The maximum atomic E-state index is 11.9. The molecule has 0 aliphatic carbocycles. The van der Waals surface area contributed by atoms with Crippen LogP contribution in [-0.4, -0.2) is 37.4 Å². The molecule has 3 N–H and O–H groups in total. The van der Waals surface area contributed by atoms with E-state index in [1.807, 2.05) is 0 Å². The van der Waals surface area contributed by atoms with Gasteiger partial charge in [-0.25, -0.2) is 0 Å². The average Bonchev–Trinajstić information content (AvgIpc) is 2.52. The molecule has 0 aromatic carbocycles. The molecule has 2 amide bonds. The smallest absolute Gasteiger partial charge is 0.257 e. The highest BCUT2D eigenvalue weighted by molar-refractivity contribution is 6.10. The Balaban J connectivity index is 3.29. The van der Waals surface area contributed by atoms with E-state index < -0.39 is 5.91 Å². The van der Waals surface area contributed by atoms with Crippen LogP contribution in [0.5, 0.6) is 0 Å². The lowest BCUT2D eigenvalue weighted by Gasteiger charge is -2.10. The van der Waals surface area contributed by atoms with Crippen LogP contribution in [0.25, 0.3) is 0 Å². The number of anilines is 1. The van der Waals surface area contributed by atoms with Crippen LogP contribution >= 0.6 is 0 Å². The second-order valence-electron chi connectivity index (χ2n) is 3.83. The molecule has 0 bridgehead atoms. The minimum absolute atomic E-state index is 0.0290. The zero-order valence-electron chi connectivity index (χ0n) is 10.5. The molecule has 0 unspecified atom stereocenters. The first kappa shape index (κ1) is 13.1. The number of hydrogen-bond donors (Lipinski definition) is 2. The fraction of sp³-hybridized carbons (Fsp3) is 0.455. The molecule has 1 rings (SSSR count). The third-order valence-corrected chi connectivity index (χ3v) is 2.30. The number of nitrogens with one attached hydrogen (secondary N) is 1. The topological polar surface area (TPSA) is 88.6 Å².